The predicted molar refractivity (Wildman–Crippen MR) is 149 cm³/mol. The number of carbonyl (C=O) groups excluding carboxylic acids is 2. The zero-order valence-corrected chi connectivity index (χ0v) is 23.0. The van der Waals surface area contributed by atoms with Crippen LogP contribution in [0.4, 0.5) is 4.39 Å². The third kappa shape index (κ3) is 11.4. The Labute approximate surface area is 234 Å². The summed E-state index contributed by atoms with van der Waals surface area (Å²) < 4.78 is 13.6. The number of carbonyl (C=O) groups is 2. The second-order valence-corrected chi connectivity index (χ2v) is 9.99. The molecule has 206 valence electrons. The number of benzene rings is 2. The van der Waals surface area contributed by atoms with Crippen LogP contribution in [-0.4, -0.2) is 48.9 Å². The minimum Gasteiger partial charge on any atom is -0.359 e. The van der Waals surface area contributed by atoms with Crippen LogP contribution in [0.1, 0.15) is 49.7 Å². The van der Waals surface area contributed by atoms with Crippen molar-refractivity contribution in [3.05, 3.63) is 69.5 Å². The Morgan fingerprint density at radius 1 is 1.24 bits per heavy atom. The van der Waals surface area contributed by atoms with E-state index < -0.39 is 5.82 Å². The highest BCUT2D eigenvalue weighted by Crippen LogP contribution is 2.27. The summed E-state index contributed by atoms with van der Waals surface area (Å²) in [4.78, 5) is 24.2. The number of hydrogen-bond acceptors (Lipinski definition) is 5. The molecule has 2 aromatic rings. The van der Waals surface area contributed by atoms with E-state index in [4.69, 9.17) is 34.2 Å². The van der Waals surface area contributed by atoms with Crippen molar-refractivity contribution >= 4 is 35.5 Å². The van der Waals surface area contributed by atoms with E-state index in [2.05, 4.69) is 45.9 Å². The summed E-state index contributed by atoms with van der Waals surface area (Å²) in [5, 5.41) is 13.6. The van der Waals surface area contributed by atoms with Crippen molar-refractivity contribution in [3.8, 4) is 6.07 Å². The van der Waals surface area contributed by atoms with Crippen LogP contribution in [0.3, 0.4) is 0 Å². The molecule has 10 heteroatoms. The summed E-state index contributed by atoms with van der Waals surface area (Å²) in [6.45, 7) is 2.87. The molecule has 1 fully saturated rings. The lowest BCUT2D eigenvalue weighted by Crippen LogP contribution is -2.37. The number of nitrogens with zero attached hydrogens (tertiary/aromatic N) is 2. The van der Waals surface area contributed by atoms with Gasteiger partial charge >= 0.3 is 0 Å². The molecule has 2 unspecified atom stereocenters. The zero-order valence-electron chi connectivity index (χ0n) is 21.5. The van der Waals surface area contributed by atoms with Gasteiger partial charge in [0.1, 0.15) is 5.82 Å². The van der Waals surface area contributed by atoms with Crippen molar-refractivity contribution in [2.75, 3.05) is 19.6 Å². The highest BCUT2D eigenvalue weighted by Gasteiger charge is 2.25. The molecule has 1 saturated heterocycles. The first kappa shape index (κ1) is 31.5. The number of unbranched alkanes of at least 4 members (excludes halogenated alkanes) is 1. The summed E-state index contributed by atoms with van der Waals surface area (Å²) in [5.74, 6) is -0.850. The fourth-order valence-corrected chi connectivity index (χ4v) is 4.59. The molecule has 3 rings (SSSR count). The number of rotatable bonds is 13. The maximum absolute atomic E-state index is 13.6. The molecule has 2 atom stereocenters. The van der Waals surface area contributed by atoms with Crippen LogP contribution in [0.5, 0.6) is 0 Å². The van der Waals surface area contributed by atoms with Gasteiger partial charge in [-0.15, -0.1) is 0 Å². The molecule has 7 nitrogen and oxygen atoms in total. The molecular formula is C28H36Cl2FN5O2. The number of hydrogen-bond donors (Lipinski definition) is 3. The first-order valence-electron chi connectivity index (χ1n) is 12.8. The number of amides is 2. The second-order valence-electron chi connectivity index (χ2n) is 9.21. The normalized spacial score (nSPS) is 15.6. The molecular weight excluding hydrogens is 528 g/mol. The molecule has 1 heterocycles. The molecule has 4 N–H and O–H groups in total. The smallest absolute Gasteiger partial charge is 0.220 e. The average molecular weight is 565 g/mol. The molecule has 0 aromatic heterocycles. The first-order valence-corrected chi connectivity index (χ1v) is 13.6. The monoisotopic (exact) mass is 563 g/mol. The molecule has 0 bridgehead atoms. The quantitative estimate of drug-likeness (QED) is 0.187. The van der Waals surface area contributed by atoms with Gasteiger partial charge in [0.15, 0.2) is 0 Å². The SMILES string of the molecule is N#CCCCC(=O)NCc1ccc(Cl)c(Cl)c1F.NC1CCN(C(CCNC=O)CCc2ccccc2)C1. The standard InChI is InChI=1S/C16H25N3O.C12H11Cl2FN2O/c17-15-9-11-19(12-15)16(8-10-18-13-20)7-6-14-4-2-1-3-5-14;13-9-5-4-8(12(15)11(9)14)7-17-10(18)3-1-2-6-16/h1-5,13,15-16H,6-12,17H2,(H,18,20);4-5H,1-3,7H2,(H,17,18). The van der Waals surface area contributed by atoms with E-state index in [1.165, 1.54) is 17.7 Å². The summed E-state index contributed by atoms with van der Waals surface area (Å²) in [7, 11) is 0. The Bertz CT molecular complexity index is 1050. The maximum Gasteiger partial charge on any atom is 0.220 e. The predicted octanol–water partition coefficient (Wildman–Crippen LogP) is 4.60. The Morgan fingerprint density at radius 2 is 2.00 bits per heavy atom. The topological polar surface area (TPSA) is 111 Å². The lowest BCUT2D eigenvalue weighted by Gasteiger charge is -2.28. The molecule has 0 spiro atoms. The van der Waals surface area contributed by atoms with Crippen LogP contribution in [0, 0.1) is 17.1 Å². The Morgan fingerprint density at radius 3 is 2.66 bits per heavy atom. The van der Waals surface area contributed by atoms with Gasteiger partial charge in [-0.3, -0.25) is 14.5 Å². The van der Waals surface area contributed by atoms with Crippen LogP contribution in [0.2, 0.25) is 10.0 Å². The molecule has 0 radical (unpaired) electrons. The molecule has 0 saturated carbocycles. The highest BCUT2D eigenvalue weighted by molar-refractivity contribution is 6.42. The molecule has 1 aliphatic heterocycles. The van der Waals surface area contributed by atoms with Crippen molar-refractivity contribution in [2.24, 2.45) is 5.73 Å². The van der Waals surface area contributed by atoms with E-state index in [1.807, 2.05) is 6.07 Å². The van der Waals surface area contributed by atoms with E-state index in [0.29, 0.717) is 24.9 Å². The van der Waals surface area contributed by atoms with E-state index in [0.717, 1.165) is 51.7 Å². The summed E-state index contributed by atoms with van der Waals surface area (Å²) in [6.07, 6.45) is 6.14. The van der Waals surface area contributed by atoms with E-state index >= 15 is 0 Å². The van der Waals surface area contributed by atoms with Gasteiger partial charge < -0.3 is 16.4 Å². The number of likely N-dealkylation sites (tertiary alicyclic amines) is 1. The van der Waals surface area contributed by atoms with Crippen molar-refractivity contribution in [1.82, 2.24) is 15.5 Å². The molecule has 2 aromatic carbocycles. The summed E-state index contributed by atoms with van der Waals surface area (Å²) in [6, 6.07) is 16.3. The van der Waals surface area contributed by atoms with Crippen molar-refractivity contribution in [1.29, 1.82) is 5.26 Å². The maximum atomic E-state index is 13.6. The fourth-order valence-electron chi connectivity index (χ4n) is 4.26. The third-order valence-electron chi connectivity index (χ3n) is 6.37. The Hall–Kier alpha value is -2.70. The number of halogens is 3. The van der Waals surface area contributed by atoms with Crippen LogP contribution < -0.4 is 16.4 Å². The molecule has 38 heavy (non-hydrogen) atoms. The van der Waals surface area contributed by atoms with Gasteiger partial charge in [0.25, 0.3) is 0 Å². The largest absolute Gasteiger partial charge is 0.359 e. The number of aryl methyl sites for hydroxylation is 1. The van der Waals surface area contributed by atoms with Gasteiger partial charge in [-0.2, -0.15) is 5.26 Å². The van der Waals surface area contributed by atoms with E-state index in [1.54, 1.807) is 0 Å². The van der Waals surface area contributed by atoms with E-state index in [9.17, 15) is 14.0 Å². The van der Waals surface area contributed by atoms with Crippen LogP contribution in [0.15, 0.2) is 42.5 Å². The van der Waals surface area contributed by atoms with Gasteiger partial charge in [-0.1, -0.05) is 59.6 Å². The number of nitriles is 1. The van der Waals surface area contributed by atoms with Gasteiger partial charge in [-0.25, -0.2) is 4.39 Å². The highest BCUT2D eigenvalue weighted by atomic mass is 35.5. The van der Waals surface area contributed by atoms with Crippen molar-refractivity contribution < 1.29 is 14.0 Å². The lowest BCUT2D eigenvalue weighted by molar-refractivity contribution is -0.121. The number of nitrogens with two attached hydrogens (primary N) is 1. The van der Waals surface area contributed by atoms with Gasteiger partial charge in [-0.05, 0) is 43.7 Å². The fraction of sp³-hybridized carbons (Fsp3) is 0.464. The van der Waals surface area contributed by atoms with Gasteiger partial charge in [0, 0.05) is 56.7 Å². The van der Waals surface area contributed by atoms with Crippen LogP contribution in [0.25, 0.3) is 0 Å². The third-order valence-corrected chi connectivity index (χ3v) is 7.15. The Balaban J connectivity index is 0.000000269. The molecule has 2 amide bonds. The van der Waals surface area contributed by atoms with Crippen molar-refractivity contribution in [2.45, 2.75) is 63.6 Å². The summed E-state index contributed by atoms with van der Waals surface area (Å²) in [5.41, 5.74) is 7.67. The summed E-state index contributed by atoms with van der Waals surface area (Å²) >= 11 is 11.3. The average Bonchev–Trinajstić information content (AvgIpc) is 3.36. The van der Waals surface area contributed by atoms with Gasteiger partial charge in [0.2, 0.25) is 12.3 Å². The first-order chi connectivity index (χ1) is 18.3. The van der Waals surface area contributed by atoms with Crippen LogP contribution in [-0.2, 0) is 22.6 Å². The molecule has 0 aliphatic carbocycles. The number of nitrogens with one attached hydrogen (secondary N) is 2. The van der Waals surface area contributed by atoms with Crippen LogP contribution >= 0.6 is 23.2 Å². The molecule has 1 aliphatic rings. The zero-order chi connectivity index (χ0) is 27.8. The second kappa shape index (κ2) is 17.7. The Kier molecular flexibility index (Phi) is 14.7. The van der Waals surface area contributed by atoms with Crippen molar-refractivity contribution in [3.63, 3.8) is 0 Å². The minimum absolute atomic E-state index is 0.0497. The van der Waals surface area contributed by atoms with E-state index in [-0.39, 0.29) is 34.5 Å². The minimum atomic E-state index is -0.624. The lowest BCUT2D eigenvalue weighted by atomic mass is 10.0. The van der Waals surface area contributed by atoms with Gasteiger partial charge in [0.05, 0.1) is 16.1 Å².